The zero-order valence-corrected chi connectivity index (χ0v) is 8.27. The molecule has 4 heavy (non-hydrogen) atoms. The summed E-state index contributed by atoms with van der Waals surface area (Å²) in [7, 11) is 0. The van der Waals surface area contributed by atoms with Crippen LogP contribution in [0.15, 0.2) is 0 Å². The minimum absolute atomic E-state index is 0. The summed E-state index contributed by atoms with van der Waals surface area (Å²) in [5.41, 5.74) is 0. The Bertz CT molecular complexity index is 8.00. The summed E-state index contributed by atoms with van der Waals surface area (Å²) < 4.78 is 0. The summed E-state index contributed by atoms with van der Waals surface area (Å²) in [5.74, 6) is 0. The minimum Gasteiger partial charge on any atom is 0 e. The molecule has 0 heterocycles. The Labute approximate surface area is 87.4 Å². The molecule has 0 aromatic rings. The summed E-state index contributed by atoms with van der Waals surface area (Å²) in [6.07, 6.45) is 0. The molecule has 0 unspecified atom stereocenters. The van der Waals surface area contributed by atoms with Crippen LogP contribution in [0, 0.1) is 0 Å². The van der Waals surface area contributed by atoms with Gasteiger partial charge in [0.15, 0.2) is 0 Å². The number of rotatable bonds is 0. The van der Waals surface area contributed by atoms with E-state index in [4.69, 9.17) is 0 Å². The van der Waals surface area contributed by atoms with Gasteiger partial charge in [-0.25, -0.2) is 0 Å². The van der Waals surface area contributed by atoms with E-state index < -0.39 is 0 Å². The maximum absolute atomic E-state index is 0. The van der Waals surface area contributed by atoms with E-state index in [1.807, 2.05) is 0 Å². The minimum atomic E-state index is 0. The Balaban J connectivity index is 0. The van der Waals surface area contributed by atoms with Crippen molar-refractivity contribution in [2.45, 2.75) is 0 Å². The van der Waals surface area contributed by atoms with E-state index in [1.165, 1.54) is 0 Å². The second-order valence-electron chi connectivity index (χ2n) is 0. The van der Waals surface area contributed by atoms with Crippen molar-refractivity contribution in [2.24, 2.45) is 0 Å². The second kappa shape index (κ2) is 17.1. The molecule has 0 spiro atoms. The molecule has 0 aromatic carbocycles. The molecule has 0 aliphatic carbocycles. The van der Waals surface area contributed by atoms with Crippen molar-refractivity contribution >= 4 is 89.1 Å². The van der Waals surface area contributed by atoms with E-state index in [9.17, 15) is 0 Å². The van der Waals surface area contributed by atoms with Gasteiger partial charge in [-0.3, -0.25) is 0 Å². The van der Waals surface area contributed by atoms with Gasteiger partial charge in [-0.15, -0.1) is 0 Å². The van der Waals surface area contributed by atoms with Crippen LogP contribution in [-0.4, -0.2) is 89.1 Å². The third kappa shape index (κ3) is 8.84. The Morgan fingerprint density at radius 3 is 1.00 bits per heavy atom. The molecule has 0 N–H and O–H groups in total. The predicted octanol–water partition coefficient (Wildman–Crippen LogP) is -1.52. The van der Waals surface area contributed by atoms with E-state index in [-0.39, 0.29) is 89.1 Å². The fourth-order valence-electron chi connectivity index (χ4n) is 0. The van der Waals surface area contributed by atoms with Crippen LogP contribution in [-0.2, 0) is 0 Å². The molecule has 11 valence electrons. The Morgan fingerprint density at radius 2 is 1.00 bits per heavy atom. The van der Waals surface area contributed by atoms with Gasteiger partial charge in [0.1, 0.15) is 0 Å². The molecule has 0 saturated carbocycles. The van der Waals surface area contributed by atoms with Crippen LogP contribution in [0.5, 0.6) is 0 Å². The molecule has 0 bridgehead atoms. The van der Waals surface area contributed by atoms with Crippen molar-refractivity contribution in [3.63, 3.8) is 0 Å². The summed E-state index contributed by atoms with van der Waals surface area (Å²) in [5, 5.41) is 0. The fourth-order valence-corrected chi connectivity index (χ4v) is 0. The molecule has 0 fully saturated rings. The SMILES string of the molecule is [Al].[Ca].[Mg].[Si]. The monoisotopic (exact) mass is 119 g/mol. The van der Waals surface area contributed by atoms with E-state index in [0.717, 1.165) is 0 Å². The molecule has 0 atom stereocenters. The molecule has 11 radical (unpaired) electrons. The molecule has 0 amide bonds. The van der Waals surface area contributed by atoms with E-state index in [0.29, 0.717) is 0 Å². The summed E-state index contributed by atoms with van der Waals surface area (Å²) in [4.78, 5) is 0. The zero-order chi connectivity index (χ0) is 0. The molecule has 0 aliphatic heterocycles. The van der Waals surface area contributed by atoms with Gasteiger partial charge in [0.05, 0.1) is 0 Å². The first-order valence-electron chi connectivity index (χ1n) is 0. The van der Waals surface area contributed by atoms with Gasteiger partial charge in [0.2, 0.25) is 0 Å². The van der Waals surface area contributed by atoms with Crippen molar-refractivity contribution in [3.8, 4) is 0 Å². The fraction of sp³-hybridized carbons (Fsp3) is 0. The van der Waals surface area contributed by atoms with Crippen LogP contribution in [0.1, 0.15) is 0 Å². The van der Waals surface area contributed by atoms with Crippen molar-refractivity contribution in [3.05, 3.63) is 0 Å². The summed E-state index contributed by atoms with van der Waals surface area (Å²) in [6, 6.07) is 0. The number of hydrogen-bond donors (Lipinski definition) is 0. The Kier molecular flexibility index (Phi) is 125. The topological polar surface area (TPSA) is 0 Å². The maximum atomic E-state index is 0. The van der Waals surface area contributed by atoms with Gasteiger partial charge in [0.25, 0.3) is 0 Å². The van der Waals surface area contributed by atoms with Crippen molar-refractivity contribution in [2.75, 3.05) is 0 Å². The van der Waals surface area contributed by atoms with Gasteiger partial charge in [-0.2, -0.15) is 0 Å². The van der Waals surface area contributed by atoms with Crippen LogP contribution in [0.4, 0.5) is 0 Å². The van der Waals surface area contributed by atoms with Crippen molar-refractivity contribution < 1.29 is 0 Å². The molecule has 0 nitrogen and oxygen atoms in total. The van der Waals surface area contributed by atoms with Crippen LogP contribution >= 0.6 is 0 Å². The largest absolute Gasteiger partial charge is 0 e. The maximum Gasteiger partial charge on any atom is 0 e. The van der Waals surface area contributed by atoms with Gasteiger partial charge in [0, 0.05) is 89.1 Å². The Morgan fingerprint density at radius 1 is 1.00 bits per heavy atom. The van der Waals surface area contributed by atoms with Gasteiger partial charge in [-0.05, 0) is 0 Å². The van der Waals surface area contributed by atoms with Crippen molar-refractivity contribution in [1.82, 2.24) is 0 Å². The Hall–Kier alpha value is 2.78. The normalized spacial score (nSPS) is 0. The summed E-state index contributed by atoms with van der Waals surface area (Å²) >= 11 is 0. The van der Waals surface area contributed by atoms with Crippen LogP contribution in [0.25, 0.3) is 0 Å². The van der Waals surface area contributed by atoms with Gasteiger partial charge >= 0.3 is 0 Å². The smallest absolute Gasteiger partial charge is 0 e. The van der Waals surface area contributed by atoms with Crippen LogP contribution < -0.4 is 0 Å². The van der Waals surface area contributed by atoms with E-state index >= 15 is 0 Å². The van der Waals surface area contributed by atoms with E-state index in [2.05, 4.69) is 0 Å². The quantitative estimate of drug-likeness (QED) is 0.340. The molecule has 0 saturated heterocycles. The third-order valence-electron chi connectivity index (χ3n) is 0. The third-order valence-corrected chi connectivity index (χ3v) is 0. The van der Waals surface area contributed by atoms with E-state index in [1.54, 1.807) is 0 Å². The molecule has 4 heteroatoms. The molecular weight excluding hydrogens is 119 g/mol. The first-order chi connectivity index (χ1) is 0. The molecule has 0 rings (SSSR count). The first-order valence-corrected chi connectivity index (χ1v) is 0. The average Bonchev–Trinajstić information content (AvgIpc) is 0. The summed E-state index contributed by atoms with van der Waals surface area (Å²) in [6.45, 7) is 0. The van der Waals surface area contributed by atoms with Crippen LogP contribution in [0.3, 0.4) is 0 Å². The standard InChI is InChI=1S/Al.Ca.Mg.Si. The van der Waals surface area contributed by atoms with Crippen molar-refractivity contribution in [1.29, 1.82) is 0 Å². The zero-order valence-electron chi connectivity index (χ0n) is 2.49. The van der Waals surface area contributed by atoms with Gasteiger partial charge < -0.3 is 0 Å². The average molecular weight is 119 g/mol. The predicted molar refractivity (Wildman–Crippen MR) is 23.0 cm³/mol. The van der Waals surface area contributed by atoms with Gasteiger partial charge in [-0.1, -0.05) is 0 Å². The number of hydrogen-bond acceptors (Lipinski definition) is 0. The molecule has 0 aromatic heterocycles. The molecular formula is AlCaMgSi. The van der Waals surface area contributed by atoms with Crippen LogP contribution in [0.2, 0.25) is 0 Å². The molecule has 0 aliphatic rings. The first kappa shape index (κ1) is 29.3. The second-order valence-corrected chi connectivity index (χ2v) is 0.